The van der Waals surface area contributed by atoms with Gasteiger partial charge in [-0.15, -0.1) is 0 Å². The molecule has 1 aliphatic heterocycles. The second-order valence-electron chi connectivity index (χ2n) is 3.49. The number of hydrogen-bond donors (Lipinski definition) is 0. The molecule has 0 radical (unpaired) electrons. The molecule has 0 amide bonds. The van der Waals surface area contributed by atoms with E-state index in [1.54, 1.807) is 12.5 Å². The van der Waals surface area contributed by atoms with Crippen LogP contribution in [0.5, 0.6) is 0 Å². The number of likely N-dealkylation sites (tertiary alicyclic amines) is 1. The second-order valence-corrected chi connectivity index (χ2v) is 3.49. The number of aromatic nitrogens is 1. The quantitative estimate of drug-likeness (QED) is 0.647. The Morgan fingerprint density at radius 1 is 1.62 bits per heavy atom. The lowest BCUT2D eigenvalue weighted by molar-refractivity contribution is 0.233. The summed E-state index contributed by atoms with van der Waals surface area (Å²) in [4.78, 5) is 6.41. The fourth-order valence-electron chi connectivity index (χ4n) is 1.68. The molecule has 0 N–H and O–H groups in total. The van der Waals surface area contributed by atoms with Crippen molar-refractivity contribution in [3.63, 3.8) is 0 Å². The van der Waals surface area contributed by atoms with Gasteiger partial charge >= 0.3 is 0 Å². The van der Waals surface area contributed by atoms with E-state index in [1.807, 2.05) is 0 Å². The molecule has 1 fully saturated rings. The summed E-state index contributed by atoms with van der Waals surface area (Å²) in [6.07, 6.45) is 5.68. The van der Waals surface area contributed by atoms with Crippen molar-refractivity contribution in [1.29, 1.82) is 0 Å². The van der Waals surface area contributed by atoms with Gasteiger partial charge in [0.25, 0.3) is 0 Å². The van der Waals surface area contributed by atoms with E-state index in [0.717, 1.165) is 25.5 Å². The highest BCUT2D eigenvalue weighted by atomic mass is 16.3. The molecule has 1 aromatic heterocycles. The third kappa shape index (κ3) is 2.18. The smallest absolute Gasteiger partial charge is 0.208 e. The minimum Gasteiger partial charge on any atom is -0.448 e. The van der Waals surface area contributed by atoms with Gasteiger partial charge in [0.05, 0.1) is 12.7 Å². The Kier molecular flexibility index (Phi) is 2.45. The first-order valence-electron chi connectivity index (χ1n) is 4.62. The first-order chi connectivity index (χ1) is 6.34. The molecule has 0 spiro atoms. The van der Waals surface area contributed by atoms with Crippen LogP contribution in [0, 0.1) is 0 Å². The monoisotopic (exact) mass is 178 g/mol. The van der Waals surface area contributed by atoms with Gasteiger partial charge in [0.1, 0.15) is 6.26 Å². The average molecular weight is 178 g/mol. The molecule has 3 heteroatoms. The summed E-state index contributed by atoms with van der Waals surface area (Å²) < 4.78 is 5.19. The Balaban J connectivity index is 1.91. The molecule has 0 aliphatic carbocycles. The van der Waals surface area contributed by atoms with Crippen LogP contribution in [0.25, 0.3) is 0 Å². The van der Waals surface area contributed by atoms with E-state index in [1.165, 1.54) is 18.4 Å². The van der Waals surface area contributed by atoms with E-state index in [0.29, 0.717) is 0 Å². The van der Waals surface area contributed by atoms with Gasteiger partial charge < -0.3 is 4.42 Å². The zero-order valence-corrected chi connectivity index (χ0v) is 7.70. The first-order valence-corrected chi connectivity index (χ1v) is 4.62. The lowest BCUT2D eigenvalue weighted by Crippen LogP contribution is -2.30. The van der Waals surface area contributed by atoms with Gasteiger partial charge in [-0.3, -0.25) is 4.90 Å². The fraction of sp³-hybridized carbons (Fsp3) is 0.500. The SMILES string of the molecule is C=C1CCCN(Cc2ncco2)C1. The largest absolute Gasteiger partial charge is 0.448 e. The van der Waals surface area contributed by atoms with Crippen LogP contribution in [-0.4, -0.2) is 23.0 Å². The van der Waals surface area contributed by atoms with Crippen LogP contribution in [0.4, 0.5) is 0 Å². The van der Waals surface area contributed by atoms with Crippen molar-refractivity contribution in [3.05, 3.63) is 30.5 Å². The minimum absolute atomic E-state index is 0.801. The summed E-state index contributed by atoms with van der Waals surface area (Å²) in [5.74, 6) is 0.801. The molecule has 0 unspecified atom stereocenters. The summed E-state index contributed by atoms with van der Waals surface area (Å²) in [6.45, 7) is 6.93. The van der Waals surface area contributed by atoms with Crippen molar-refractivity contribution >= 4 is 0 Å². The number of oxazole rings is 1. The van der Waals surface area contributed by atoms with E-state index < -0.39 is 0 Å². The molecule has 0 saturated carbocycles. The molecule has 13 heavy (non-hydrogen) atoms. The topological polar surface area (TPSA) is 29.3 Å². The van der Waals surface area contributed by atoms with Gasteiger partial charge in [-0.05, 0) is 19.4 Å². The summed E-state index contributed by atoms with van der Waals surface area (Å²) in [5, 5.41) is 0. The number of nitrogens with zero attached hydrogens (tertiary/aromatic N) is 2. The standard InChI is InChI=1S/C10H14N2O/c1-9-3-2-5-12(7-9)8-10-11-4-6-13-10/h4,6H,1-3,5,7-8H2. The van der Waals surface area contributed by atoms with E-state index in [9.17, 15) is 0 Å². The summed E-state index contributed by atoms with van der Waals surface area (Å²) in [5.41, 5.74) is 1.32. The molecular weight excluding hydrogens is 164 g/mol. The Hall–Kier alpha value is -1.09. The molecule has 0 aromatic carbocycles. The summed E-state index contributed by atoms with van der Waals surface area (Å²) >= 11 is 0. The average Bonchev–Trinajstić information content (AvgIpc) is 2.57. The van der Waals surface area contributed by atoms with Crippen LogP contribution in [0.3, 0.4) is 0 Å². The zero-order chi connectivity index (χ0) is 9.10. The van der Waals surface area contributed by atoms with E-state index in [-0.39, 0.29) is 0 Å². The number of hydrogen-bond acceptors (Lipinski definition) is 3. The zero-order valence-electron chi connectivity index (χ0n) is 7.70. The van der Waals surface area contributed by atoms with Crippen LogP contribution < -0.4 is 0 Å². The van der Waals surface area contributed by atoms with Crippen molar-refractivity contribution in [2.24, 2.45) is 0 Å². The van der Waals surface area contributed by atoms with Crippen LogP contribution in [0.2, 0.25) is 0 Å². The van der Waals surface area contributed by atoms with Gasteiger partial charge in [-0.25, -0.2) is 4.98 Å². The lowest BCUT2D eigenvalue weighted by Gasteiger charge is -2.26. The molecule has 0 atom stereocenters. The summed E-state index contributed by atoms with van der Waals surface area (Å²) in [6, 6.07) is 0. The Morgan fingerprint density at radius 3 is 3.23 bits per heavy atom. The van der Waals surface area contributed by atoms with Gasteiger partial charge in [0, 0.05) is 6.54 Å². The molecule has 0 bridgehead atoms. The van der Waals surface area contributed by atoms with Crippen molar-refractivity contribution in [2.75, 3.05) is 13.1 Å². The lowest BCUT2D eigenvalue weighted by atomic mass is 10.1. The van der Waals surface area contributed by atoms with E-state index >= 15 is 0 Å². The maximum absolute atomic E-state index is 5.19. The third-order valence-corrected chi connectivity index (χ3v) is 2.29. The highest BCUT2D eigenvalue weighted by Gasteiger charge is 2.14. The number of rotatable bonds is 2. The maximum atomic E-state index is 5.19. The van der Waals surface area contributed by atoms with Crippen molar-refractivity contribution in [1.82, 2.24) is 9.88 Å². The molecule has 70 valence electrons. The highest BCUT2D eigenvalue weighted by molar-refractivity contribution is 5.01. The molecule has 2 heterocycles. The maximum Gasteiger partial charge on any atom is 0.208 e. The fourth-order valence-corrected chi connectivity index (χ4v) is 1.68. The molecule has 3 nitrogen and oxygen atoms in total. The van der Waals surface area contributed by atoms with E-state index in [2.05, 4.69) is 16.5 Å². The minimum atomic E-state index is 0.801. The molecule has 2 rings (SSSR count). The van der Waals surface area contributed by atoms with Crippen LogP contribution >= 0.6 is 0 Å². The summed E-state index contributed by atoms with van der Waals surface area (Å²) in [7, 11) is 0. The Bertz CT molecular complexity index is 279. The van der Waals surface area contributed by atoms with Gasteiger partial charge in [-0.2, -0.15) is 0 Å². The Morgan fingerprint density at radius 2 is 2.54 bits per heavy atom. The second kappa shape index (κ2) is 3.75. The third-order valence-electron chi connectivity index (χ3n) is 2.29. The van der Waals surface area contributed by atoms with Gasteiger partial charge in [0.2, 0.25) is 5.89 Å². The Labute approximate surface area is 78.1 Å². The number of piperidine rings is 1. The van der Waals surface area contributed by atoms with Crippen molar-refractivity contribution in [3.8, 4) is 0 Å². The molecular formula is C10H14N2O. The van der Waals surface area contributed by atoms with Crippen molar-refractivity contribution < 1.29 is 4.42 Å². The van der Waals surface area contributed by atoms with Crippen LogP contribution in [0.15, 0.2) is 29.0 Å². The van der Waals surface area contributed by atoms with Crippen LogP contribution in [0.1, 0.15) is 18.7 Å². The van der Waals surface area contributed by atoms with Gasteiger partial charge in [-0.1, -0.05) is 12.2 Å². The van der Waals surface area contributed by atoms with Crippen LogP contribution in [-0.2, 0) is 6.54 Å². The normalized spacial score (nSPS) is 19.2. The highest BCUT2D eigenvalue weighted by Crippen LogP contribution is 2.15. The first kappa shape index (κ1) is 8.51. The van der Waals surface area contributed by atoms with Crippen molar-refractivity contribution in [2.45, 2.75) is 19.4 Å². The predicted octanol–water partition coefficient (Wildman–Crippen LogP) is 1.83. The molecule has 1 aromatic rings. The van der Waals surface area contributed by atoms with E-state index in [4.69, 9.17) is 4.42 Å². The van der Waals surface area contributed by atoms with Gasteiger partial charge in [0.15, 0.2) is 0 Å². The predicted molar refractivity (Wildman–Crippen MR) is 50.2 cm³/mol. The molecule has 1 aliphatic rings. The molecule has 1 saturated heterocycles.